The van der Waals surface area contributed by atoms with E-state index in [1.807, 2.05) is 12.1 Å². The molecule has 0 aliphatic heterocycles. The van der Waals surface area contributed by atoms with Crippen LogP contribution in [0.2, 0.25) is 0 Å². The highest BCUT2D eigenvalue weighted by atomic mass is 16.2. The SMILES string of the molecule is Cc1ccccc1C1(C(=O)NCc2cnc[nH]2)CCCCC1. The lowest BCUT2D eigenvalue weighted by atomic mass is 9.67. The molecule has 1 saturated carbocycles. The van der Waals surface area contributed by atoms with Gasteiger partial charge in [-0.3, -0.25) is 4.79 Å². The van der Waals surface area contributed by atoms with E-state index in [4.69, 9.17) is 0 Å². The van der Waals surface area contributed by atoms with Gasteiger partial charge in [0.15, 0.2) is 0 Å². The minimum Gasteiger partial charge on any atom is -0.350 e. The van der Waals surface area contributed by atoms with E-state index in [1.54, 1.807) is 12.5 Å². The summed E-state index contributed by atoms with van der Waals surface area (Å²) in [5, 5.41) is 3.11. The summed E-state index contributed by atoms with van der Waals surface area (Å²) in [5.41, 5.74) is 2.96. The van der Waals surface area contributed by atoms with Crippen LogP contribution in [0.4, 0.5) is 0 Å². The number of aromatic nitrogens is 2. The minimum absolute atomic E-state index is 0.149. The van der Waals surface area contributed by atoms with Crippen molar-refractivity contribution in [1.82, 2.24) is 15.3 Å². The highest BCUT2D eigenvalue weighted by Gasteiger charge is 2.41. The minimum atomic E-state index is -0.371. The first-order valence-corrected chi connectivity index (χ1v) is 8.04. The second kappa shape index (κ2) is 6.34. The molecule has 4 nitrogen and oxygen atoms in total. The summed E-state index contributed by atoms with van der Waals surface area (Å²) in [4.78, 5) is 20.1. The lowest BCUT2D eigenvalue weighted by Gasteiger charge is -2.37. The number of aryl methyl sites for hydroxylation is 1. The third-order valence-corrected chi connectivity index (χ3v) is 4.80. The largest absolute Gasteiger partial charge is 0.350 e. The Morgan fingerprint density at radius 1 is 1.27 bits per heavy atom. The number of benzene rings is 1. The van der Waals surface area contributed by atoms with Crippen molar-refractivity contribution in [2.45, 2.75) is 51.0 Å². The lowest BCUT2D eigenvalue weighted by molar-refractivity contribution is -0.128. The molecule has 1 amide bonds. The van der Waals surface area contributed by atoms with Gasteiger partial charge in [0.25, 0.3) is 0 Å². The average molecular weight is 297 g/mol. The second-order valence-corrected chi connectivity index (χ2v) is 6.22. The van der Waals surface area contributed by atoms with Gasteiger partial charge < -0.3 is 10.3 Å². The van der Waals surface area contributed by atoms with Gasteiger partial charge in [-0.15, -0.1) is 0 Å². The van der Waals surface area contributed by atoms with Crippen LogP contribution >= 0.6 is 0 Å². The maximum Gasteiger partial charge on any atom is 0.230 e. The molecular formula is C18H23N3O. The summed E-state index contributed by atoms with van der Waals surface area (Å²) in [6, 6.07) is 8.31. The molecule has 1 aliphatic carbocycles. The molecule has 116 valence electrons. The lowest BCUT2D eigenvalue weighted by Crippen LogP contribution is -2.46. The van der Waals surface area contributed by atoms with Crippen molar-refractivity contribution >= 4 is 5.91 Å². The van der Waals surface area contributed by atoms with Crippen LogP contribution in [0.15, 0.2) is 36.8 Å². The Balaban J connectivity index is 1.85. The molecule has 0 saturated heterocycles. The van der Waals surface area contributed by atoms with Crippen molar-refractivity contribution in [3.63, 3.8) is 0 Å². The van der Waals surface area contributed by atoms with Crippen molar-refractivity contribution < 1.29 is 4.79 Å². The summed E-state index contributed by atoms with van der Waals surface area (Å²) < 4.78 is 0. The summed E-state index contributed by atoms with van der Waals surface area (Å²) in [6.45, 7) is 2.61. The van der Waals surface area contributed by atoms with Crippen LogP contribution in [0.1, 0.15) is 48.9 Å². The predicted molar refractivity (Wildman–Crippen MR) is 86.4 cm³/mol. The van der Waals surface area contributed by atoms with Crippen molar-refractivity contribution in [3.8, 4) is 0 Å². The number of carbonyl (C=O) groups is 1. The van der Waals surface area contributed by atoms with Crippen LogP contribution in [-0.4, -0.2) is 15.9 Å². The second-order valence-electron chi connectivity index (χ2n) is 6.22. The normalized spacial score (nSPS) is 17.1. The van der Waals surface area contributed by atoms with Gasteiger partial charge in [0, 0.05) is 6.20 Å². The molecule has 1 aromatic carbocycles. The number of aromatic amines is 1. The van der Waals surface area contributed by atoms with Gasteiger partial charge >= 0.3 is 0 Å². The van der Waals surface area contributed by atoms with Gasteiger partial charge in [-0.25, -0.2) is 4.98 Å². The summed E-state index contributed by atoms with van der Waals surface area (Å²) in [6.07, 6.45) is 8.72. The molecule has 2 N–H and O–H groups in total. The molecule has 2 aromatic rings. The van der Waals surface area contributed by atoms with Crippen LogP contribution in [0.25, 0.3) is 0 Å². The summed E-state index contributed by atoms with van der Waals surface area (Å²) >= 11 is 0. The van der Waals surface area contributed by atoms with E-state index in [-0.39, 0.29) is 11.3 Å². The van der Waals surface area contributed by atoms with E-state index >= 15 is 0 Å². The quantitative estimate of drug-likeness (QED) is 0.910. The number of nitrogens with zero attached hydrogens (tertiary/aromatic N) is 1. The van der Waals surface area contributed by atoms with Crippen LogP contribution in [-0.2, 0) is 16.8 Å². The number of hydrogen-bond acceptors (Lipinski definition) is 2. The fraction of sp³-hybridized carbons (Fsp3) is 0.444. The Kier molecular flexibility index (Phi) is 4.27. The molecule has 1 aromatic heterocycles. The van der Waals surface area contributed by atoms with Crippen molar-refractivity contribution in [1.29, 1.82) is 0 Å². The molecular weight excluding hydrogens is 274 g/mol. The number of imidazole rings is 1. The molecule has 0 radical (unpaired) electrons. The van der Waals surface area contributed by atoms with Crippen LogP contribution in [0, 0.1) is 6.92 Å². The Labute approximate surface area is 131 Å². The molecule has 0 bridgehead atoms. The van der Waals surface area contributed by atoms with Crippen LogP contribution in [0.3, 0.4) is 0 Å². The summed E-state index contributed by atoms with van der Waals surface area (Å²) in [5.74, 6) is 0.149. The molecule has 1 fully saturated rings. The molecule has 0 unspecified atom stereocenters. The smallest absolute Gasteiger partial charge is 0.230 e. The fourth-order valence-electron chi connectivity index (χ4n) is 3.61. The number of rotatable bonds is 4. The monoisotopic (exact) mass is 297 g/mol. The Bertz CT molecular complexity index is 628. The third kappa shape index (κ3) is 2.78. The zero-order valence-electron chi connectivity index (χ0n) is 13.1. The Morgan fingerprint density at radius 3 is 2.73 bits per heavy atom. The first-order valence-electron chi connectivity index (χ1n) is 8.04. The zero-order chi connectivity index (χ0) is 15.4. The molecule has 4 heteroatoms. The standard InChI is InChI=1S/C18H23N3O/c1-14-7-3-4-8-16(14)18(9-5-2-6-10-18)17(22)20-12-15-11-19-13-21-15/h3-4,7-8,11,13H,2,5-6,9-10,12H2,1H3,(H,19,21)(H,20,22). The van der Waals surface area contributed by atoms with E-state index in [2.05, 4.69) is 34.3 Å². The van der Waals surface area contributed by atoms with E-state index < -0.39 is 0 Å². The van der Waals surface area contributed by atoms with E-state index in [9.17, 15) is 4.79 Å². The first-order chi connectivity index (χ1) is 10.7. The van der Waals surface area contributed by atoms with Gasteiger partial charge in [-0.2, -0.15) is 0 Å². The van der Waals surface area contributed by atoms with Crippen molar-refractivity contribution in [2.24, 2.45) is 0 Å². The molecule has 1 heterocycles. The molecule has 0 spiro atoms. The highest BCUT2D eigenvalue weighted by molar-refractivity contribution is 5.88. The van der Waals surface area contributed by atoms with E-state index in [0.29, 0.717) is 6.54 Å². The Hall–Kier alpha value is -2.10. The van der Waals surface area contributed by atoms with Gasteiger partial charge in [-0.1, -0.05) is 43.5 Å². The highest BCUT2D eigenvalue weighted by Crippen LogP contribution is 2.41. The van der Waals surface area contributed by atoms with Gasteiger partial charge in [0.1, 0.15) is 0 Å². The van der Waals surface area contributed by atoms with Gasteiger partial charge in [-0.05, 0) is 30.9 Å². The maximum absolute atomic E-state index is 13.0. The average Bonchev–Trinajstić information content (AvgIpc) is 3.07. The molecule has 0 atom stereocenters. The van der Waals surface area contributed by atoms with Crippen molar-refractivity contribution in [3.05, 3.63) is 53.6 Å². The van der Waals surface area contributed by atoms with Crippen LogP contribution in [0.5, 0.6) is 0 Å². The molecule has 1 aliphatic rings. The number of hydrogen-bond donors (Lipinski definition) is 2. The van der Waals surface area contributed by atoms with E-state index in [0.717, 1.165) is 31.4 Å². The summed E-state index contributed by atoms with van der Waals surface area (Å²) in [7, 11) is 0. The zero-order valence-corrected chi connectivity index (χ0v) is 13.1. The van der Waals surface area contributed by atoms with Crippen molar-refractivity contribution in [2.75, 3.05) is 0 Å². The third-order valence-electron chi connectivity index (χ3n) is 4.80. The molecule has 22 heavy (non-hydrogen) atoms. The number of carbonyl (C=O) groups excluding carboxylic acids is 1. The van der Waals surface area contributed by atoms with E-state index in [1.165, 1.54) is 17.5 Å². The predicted octanol–water partition coefficient (Wildman–Crippen LogP) is 3.24. The molecule has 3 rings (SSSR count). The van der Waals surface area contributed by atoms with Gasteiger partial charge in [0.2, 0.25) is 5.91 Å². The van der Waals surface area contributed by atoms with Crippen LogP contribution < -0.4 is 5.32 Å². The number of H-pyrrole nitrogens is 1. The maximum atomic E-state index is 13.0. The first kappa shape index (κ1) is 14.8. The fourth-order valence-corrected chi connectivity index (χ4v) is 3.61. The topological polar surface area (TPSA) is 57.8 Å². The number of amides is 1. The van der Waals surface area contributed by atoms with Gasteiger partial charge in [0.05, 0.1) is 24.0 Å². The Morgan fingerprint density at radius 2 is 2.05 bits per heavy atom. The number of nitrogens with one attached hydrogen (secondary N) is 2.